The molecule has 0 spiro atoms. The Morgan fingerprint density at radius 1 is 0.818 bits per heavy atom. The van der Waals surface area contributed by atoms with Crippen LogP contribution in [0, 0.1) is 6.54 Å². The summed E-state index contributed by atoms with van der Waals surface area (Å²) in [6, 6.07) is 22.0. The third-order valence-corrected chi connectivity index (χ3v) is 3.20. The molecule has 0 saturated heterocycles. The summed E-state index contributed by atoms with van der Waals surface area (Å²) in [5, 5.41) is 0. The minimum Gasteiger partial charge on any atom is -0.479 e. The minimum absolute atomic E-state index is 0. The van der Waals surface area contributed by atoms with E-state index in [0.29, 0.717) is 0 Å². The second-order valence-electron chi connectivity index (χ2n) is 4.56. The molecule has 3 nitrogen and oxygen atoms in total. The molecule has 4 heteroatoms. The summed E-state index contributed by atoms with van der Waals surface area (Å²) in [6.07, 6.45) is 1.78. The van der Waals surface area contributed by atoms with Gasteiger partial charge in [0.1, 0.15) is 5.82 Å². The molecule has 0 bridgehead atoms. The molecule has 0 fully saturated rings. The molecule has 0 N–H and O–H groups in total. The van der Waals surface area contributed by atoms with E-state index in [9.17, 15) is 0 Å². The maximum absolute atomic E-state index is 4.72. The largest absolute Gasteiger partial charge is 0.479 e. The Labute approximate surface area is 145 Å². The Morgan fingerprint density at radius 3 is 2.23 bits per heavy atom. The molecule has 22 heavy (non-hydrogen) atoms. The molecule has 0 amide bonds. The monoisotopic (exact) mass is 469 g/mol. The van der Waals surface area contributed by atoms with Gasteiger partial charge in [0.05, 0.1) is 11.4 Å². The van der Waals surface area contributed by atoms with Crippen molar-refractivity contribution in [2.45, 2.75) is 6.92 Å². The predicted molar refractivity (Wildman–Crippen MR) is 86.0 cm³/mol. The van der Waals surface area contributed by atoms with Crippen LogP contribution in [0.5, 0.6) is 0 Å². The van der Waals surface area contributed by atoms with Crippen LogP contribution < -0.4 is 4.90 Å². The molecule has 0 atom stereocenters. The van der Waals surface area contributed by atoms with Crippen LogP contribution in [0.1, 0.15) is 6.92 Å². The van der Waals surface area contributed by atoms with E-state index < -0.39 is 0 Å². The SMILES string of the molecule is C[CH-]N(c1ccccc1)c1cccc(-c2ccccn2)n1.[Pt]. The number of anilines is 2. The normalized spacial score (nSPS) is 9.86. The first-order chi connectivity index (χ1) is 10.4. The van der Waals surface area contributed by atoms with Gasteiger partial charge in [-0.1, -0.05) is 30.3 Å². The van der Waals surface area contributed by atoms with Crippen LogP contribution in [0.3, 0.4) is 0 Å². The van der Waals surface area contributed by atoms with Gasteiger partial charge in [0, 0.05) is 32.9 Å². The maximum atomic E-state index is 4.72. The van der Waals surface area contributed by atoms with Crippen molar-refractivity contribution in [1.29, 1.82) is 0 Å². The van der Waals surface area contributed by atoms with Crippen molar-refractivity contribution >= 4 is 11.5 Å². The maximum Gasteiger partial charge on any atom is 0.104 e. The van der Waals surface area contributed by atoms with Gasteiger partial charge in [0.15, 0.2) is 0 Å². The number of pyridine rings is 2. The number of hydrogen-bond acceptors (Lipinski definition) is 3. The molecule has 3 rings (SSSR count). The summed E-state index contributed by atoms with van der Waals surface area (Å²) in [7, 11) is 0. The predicted octanol–water partition coefficient (Wildman–Crippen LogP) is 4.46. The van der Waals surface area contributed by atoms with Gasteiger partial charge in [-0.25, -0.2) is 11.5 Å². The molecule has 1 aromatic carbocycles. The van der Waals surface area contributed by atoms with Crippen LogP contribution in [0.25, 0.3) is 11.4 Å². The summed E-state index contributed by atoms with van der Waals surface area (Å²) in [5.41, 5.74) is 2.84. The fraction of sp³-hybridized carbons (Fsp3) is 0.0556. The van der Waals surface area contributed by atoms with Gasteiger partial charge in [-0.2, -0.15) is 6.92 Å². The number of benzene rings is 1. The summed E-state index contributed by atoms with van der Waals surface area (Å²) < 4.78 is 0. The zero-order valence-electron chi connectivity index (χ0n) is 12.2. The first kappa shape index (κ1) is 16.4. The molecule has 2 heterocycles. The van der Waals surface area contributed by atoms with Crippen molar-refractivity contribution in [2.75, 3.05) is 4.90 Å². The number of nitrogens with zero attached hydrogens (tertiary/aromatic N) is 3. The summed E-state index contributed by atoms with van der Waals surface area (Å²) >= 11 is 0. The summed E-state index contributed by atoms with van der Waals surface area (Å²) in [6.45, 7) is 4.02. The van der Waals surface area contributed by atoms with E-state index in [1.165, 1.54) is 0 Å². The molecule has 114 valence electrons. The fourth-order valence-electron chi connectivity index (χ4n) is 2.22. The van der Waals surface area contributed by atoms with Crippen LogP contribution in [0.4, 0.5) is 11.5 Å². The minimum atomic E-state index is 0. The van der Waals surface area contributed by atoms with E-state index in [0.717, 1.165) is 22.9 Å². The van der Waals surface area contributed by atoms with Crippen molar-refractivity contribution < 1.29 is 21.1 Å². The van der Waals surface area contributed by atoms with E-state index in [-0.39, 0.29) is 21.1 Å². The average molecular weight is 469 g/mol. The Bertz CT molecular complexity index is 702. The van der Waals surface area contributed by atoms with E-state index in [1.54, 1.807) is 6.20 Å². The molecule has 0 radical (unpaired) electrons. The van der Waals surface area contributed by atoms with Gasteiger partial charge in [0.25, 0.3) is 0 Å². The second-order valence-corrected chi connectivity index (χ2v) is 4.56. The third-order valence-electron chi connectivity index (χ3n) is 3.20. The van der Waals surface area contributed by atoms with Crippen molar-refractivity contribution in [3.8, 4) is 11.4 Å². The Balaban J connectivity index is 0.00000176. The Morgan fingerprint density at radius 2 is 1.55 bits per heavy atom. The summed E-state index contributed by atoms with van der Waals surface area (Å²) in [5.74, 6) is 0.881. The second kappa shape index (κ2) is 7.86. The zero-order valence-corrected chi connectivity index (χ0v) is 14.4. The topological polar surface area (TPSA) is 29.0 Å². The van der Waals surface area contributed by atoms with Crippen molar-refractivity contribution in [2.24, 2.45) is 0 Å². The molecular weight excluding hydrogens is 453 g/mol. The van der Waals surface area contributed by atoms with Gasteiger partial charge < -0.3 is 4.90 Å². The number of hydrogen-bond donors (Lipinski definition) is 0. The quantitative estimate of drug-likeness (QED) is 0.529. The van der Waals surface area contributed by atoms with Crippen LogP contribution >= 0.6 is 0 Å². The molecule has 3 aromatic rings. The number of rotatable bonds is 4. The van der Waals surface area contributed by atoms with Crippen LogP contribution in [-0.4, -0.2) is 9.97 Å². The molecule has 0 aliphatic carbocycles. The number of para-hydroxylation sites is 1. The summed E-state index contributed by atoms with van der Waals surface area (Å²) in [4.78, 5) is 11.1. The first-order valence-electron chi connectivity index (χ1n) is 6.91. The molecule has 0 saturated carbocycles. The number of aromatic nitrogens is 2. The standard InChI is InChI=1S/C18H16N3.Pt/c1-2-21(15-9-4-3-5-10-15)18-13-8-12-17(20-18)16-11-6-7-14-19-16;/h2-14H,1H3;/q-1;. The van der Waals surface area contributed by atoms with Gasteiger partial charge in [-0.15, -0.1) is 0 Å². The molecule has 2 aromatic heterocycles. The van der Waals surface area contributed by atoms with Crippen LogP contribution in [0.2, 0.25) is 0 Å². The molecule has 0 aliphatic rings. The Kier molecular flexibility index (Phi) is 5.85. The molecular formula is C18H16N3Pt-. The first-order valence-corrected chi connectivity index (χ1v) is 6.91. The van der Waals surface area contributed by atoms with Gasteiger partial charge >= 0.3 is 0 Å². The van der Waals surface area contributed by atoms with E-state index >= 15 is 0 Å². The van der Waals surface area contributed by atoms with E-state index in [2.05, 4.69) is 22.0 Å². The van der Waals surface area contributed by atoms with E-state index in [4.69, 9.17) is 4.98 Å². The fourth-order valence-corrected chi connectivity index (χ4v) is 2.22. The molecule has 0 unspecified atom stereocenters. The van der Waals surface area contributed by atoms with Crippen molar-refractivity contribution in [3.05, 3.63) is 79.5 Å². The average Bonchev–Trinajstić information content (AvgIpc) is 2.58. The van der Waals surface area contributed by atoms with Crippen molar-refractivity contribution in [3.63, 3.8) is 0 Å². The van der Waals surface area contributed by atoms with Gasteiger partial charge in [-0.05, 0) is 36.4 Å². The molecule has 0 aliphatic heterocycles. The van der Waals surface area contributed by atoms with Crippen molar-refractivity contribution in [1.82, 2.24) is 9.97 Å². The zero-order chi connectivity index (χ0) is 14.5. The van der Waals surface area contributed by atoms with E-state index in [1.807, 2.05) is 68.1 Å². The Hall–Kier alpha value is -1.99. The van der Waals surface area contributed by atoms with Gasteiger partial charge in [0.2, 0.25) is 0 Å². The third kappa shape index (κ3) is 3.61. The van der Waals surface area contributed by atoms with Crippen LogP contribution in [0.15, 0.2) is 72.9 Å². The van der Waals surface area contributed by atoms with Crippen LogP contribution in [-0.2, 0) is 21.1 Å². The van der Waals surface area contributed by atoms with Gasteiger partial charge in [-0.3, -0.25) is 4.98 Å². The smallest absolute Gasteiger partial charge is 0.104 e.